The summed E-state index contributed by atoms with van der Waals surface area (Å²) >= 11 is 0. The van der Waals surface area contributed by atoms with E-state index in [9.17, 15) is 13.2 Å². The minimum absolute atomic E-state index is 0.440. The number of hydrogen-bond acceptors (Lipinski definition) is 1. The van der Waals surface area contributed by atoms with E-state index in [-0.39, 0.29) is 0 Å². The highest BCUT2D eigenvalue weighted by molar-refractivity contribution is 5.62. The topological polar surface area (TPSA) is 12.9 Å². The van der Waals surface area contributed by atoms with Crippen molar-refractivity contribution < 1.29 is 13.2 Å². The minimum Gasteiger partial charge on any atom is -0.255 e. The lowest BCUT2D eigenvalue weighted by Gasteiger charge is -2.10. The van der Waals surface area contributed by atoms with Gasteiger partial charge in [0.25, 0.3) is 0 Å². The van der Waals surface area contributed by atoms with E-state index in [0.29, 0.717) is 22.4 Å². The Labute approximate surface area is 144 Å². The second-order valence-electron chi connectivity index (χ2n) is 5.63. The number of benzene rings is 2. The van der Waals surface area contributed by atoms with Crippen LogP contribution in [0.15, 0.2) is 66.9 Å². The average molecular weight is 337 g/mol. The van der Waals surface area contributed by atoms with Gasteiger partial charge in [0.2, 0.25) is 0 Å². The molecule has 0 aliphatic rings. The standard InChI is InChI=1S/C21H14F3N/c1-15-11-18(13-19(12-15)21(22,23)24)20-10-9-17(14-25-20)8-7-16-5-3-2-4-6-16/h2-6,9-14H,1H3. The fourth-order valence-electron chi connectivity index (χ4n) is 2.40. The van der Waals surface area contributed by atoms with Crippen LogP contribution >= 0.6 is 0 Å². The van der Waals surface area contributed by atoms with E-state index in [2.05, 4.69) is 16.8 Å². The molecular formula is C21H14F3N. The fraction of sp³-hybridized carbons (Fsp3) is 0.0952. The van der Waals surface area contributed by atoms with Crippen LogP contribution in [0.1, 0.15) is 22.3 Å². The second-order valence-corrected chi connectivity index (χ2v) is 5.63. The predicted octanol–water partition coefficient (Wildman–Crippen LogP) is 5.48. The largest absolute Gasteiger partial charge is 0.416 e. The Morgan fingerprint density at radius 2 is 1.56 bits per heavy atom. The summed E-state index contributed by atoms with van der Waals surface area (Å²) in [5.41, 5.74) is 2.39. The lowest BCUT2D eigenvalue weighted by Crippen LogP contribution is -2.05. The maximum absolute atomic E-state index is 13.0. The number of rotatable bonds is 1. The Morgan fingerprint density at radius 1 is 0.840 bits per heavy atom. The molecule has 0 aliphatic carbocycles. The molecule has 0 atom stereocenters. The molecule has 2 aromatic carbocycles. The zero-order valence-corrected chi connectivity index (χ0v) is 13.4. The lowest BCUT2D eigenvalue weighted by molar-refractivity contribution is -0.137. The summed E-state index contributed by atoms with van der Waals surface area (Å²) in [4.78, 5) is 4.26. The smallest absolute Gasteiger partial charge is 0.255 e. The van der Waals surface area contributed by atoms with E-state index in [0.717, 1.165) is 17.7 Å². The third-order valence-electron chi connectivity index (χ3n) is 3.59. The van der Waals surface area contributed by atoms with Gasteiger partial charge < -0.3 is 0 Å². The van der Waals surface area contributed by atoms with E-state index in [1.165, 1.54) is 0 Å². The Balaban J connectivity index is 1.88. The van der Waals surface area contributed by atoms with Crippen LogP contribution in [0.5, 0.6) is 0 Å². The van der Waals surface area contributed by atoms with Crippen molar-refractivity contribution in [3.05, 3.63) is 89.1 Å². The number of aryl methyl sites for hydroxylation is 1. The molecule has 0 bridgehead atoms. The van der Waals surface area contributed by atoms with Gasteiger partial charge in [-0.25, -0.2) is 0 Å². The molecule has 0 unspecified atom stereocenters. The molecule has 0 saturated carbocycles. The van der Waals surface area contributed by atoms with Crippen LogP contribution < -0.4 is 0 Å². The minimum atomic E-state index is -4.37. The van der Waals surface area contributed by atoms with Gasteiger partial charge in [-0.3, -0.25) is 4.98 Å². The van der Waals surface area contributed by atoms with Crippen molar-refractivity contribution in [2.45, 2.75) is 13.1 Å². The maximum Gasteiger partial charge on any atom is 0.416 e. The number of halogens is 3. The zero-order chi connectivity index (χ0) is 17.9. The van der Waals surface area contributed by atoms with Crippen LogP contribution in [0, 0.1) is 18.8 Å². The Morgan fingerprint density at radius 3 is 2.20 bits per heavy atom. The van der Waals surface area contributed by atoms with Crippen molar-refractivity contribution in [3.8, 4) is 23.1 Å². The molecule has 4 heteroatoms. The average Bonchev–Trinajstić information content (AvgIpc) is 2.60. The number of aromatic nitrogens is 1. The first-order chi connectivity index (χ1) is 11.9. The van der Waals surface area contributed by atoms with Crippen molar-refractivity contribution in [2.75, 3.05) is 0 Å². The Hall–Kier alpha value is -3.06. The second kappa shape index (κ2) is 6.82. The van der Waals surface area contributed by atoms with Crippen LogP contribution in [0.4, 0.5) is 13.2 Å². The molecule has 25 heavy (non-hydrogen) atoms. The summed E-state index contributed by atoms with van der Waals surface area (Å²) in [7, 11) is 0. The molecule has 0 spiro atoms. The van der Waals surface area contributed by atoms with E-state index in [1.54, 1.807) is 31.3 Å². The highest BCUT2D eigenvalue weighted by Gasteiger charge is 2.31. The van der Waals surface area contributed by atoms with E-state index >= 15 is 0 Å². The van der Waals surface area contributed by atoms with Gasteiger partial charge in [-0.2, -0.15) is 13.2 Å². The molecule has 1 heterocycles. The van der Waals surface area contributed by atoms with Crippen molar-refractivity contribution in [2.24, 2.45) is 0 Å². The van der Waals surface area contributed by atoms with Crippen molar-refractivity contribution in [1.82, 2.24) is 4.98 Å². The third kappa shape index (κ3) is 4.27. The highest BCUT2D eigenvalue weighted by Crippen LogP contribution is 2.32. The molecule has 0 aliphatic heterocycles. The first-order valence-corrected chi connectivity index (χ1v) is 7.64. The van der Waals surface area contributed by atoms with Gasteiger partial charge in [-0.05, 0) is 55.0 Å². The number of pyridine rings is 1. The molecule has 0 saturated heterocycles. The molecule has 3 aromatic rings. The Kier molecular flexibility index (Phi) is 4.58. The molecule has 0 fully saturated rings. The third-order valence-corrected chi connectivity index (χ3v) is 3.59. The predicted molar refractivity (Wildman–Crippen MR) is 91.8 cm³/mol. The maximum atomic E-state index is 13.0. The first kappa shape index (κ1) is 16.8. The van der Waals surface area contributed by atoms with Gasteiger partial charge in [-0.1, -0.05) is 30.0 Å². The van der Waals surface area contributed by atoms with Gasteiger partial charge in [0, 0.05) is 22.9 Å². The van der Waals surface area contributed by atoms with Gasteiger partial charge in [0.1, 0.15) is 0 Å². The SMILES string of the molecule is Cc1cc(-c2ccc(C#Cc3ccccc3)cn2)cc(C(F)(F)F)c1. The molecular weight excluding hydrogens is 323 g/mol. The summed E-state index contributed by atoms with van der Waals surface area (Å²) in [6.45, 7) is 1.64. The fourth-order valence-corrected chi connectivity index (χ4v) is 2.40. The molecule has 0 amide bonds. The summed E-state index contributed by atoms with van der Waals surface area (Å²) in [6.07, 6.45) is -2.80. The first-order valence-electron chi connectivity index (χ1n) is 7.64. The lowest BCUT2D eigenvalue weighted by atomic mass is 10.0. The molecule has 3 rings (SSSR count). The van der Waals surface area contributed by atoms with E-state index in [4.69, 9.17) is 0 Å². The molecule has 1 aromatic heterocycles. The van der Waals surface area contributed by atoms with Crippen LogP contribution in [0.3, 0.4) is 0 Å². The van der Waals surface area contributed by atoms with Crippen molar-refractivity contribution in [1.29, 1.82) is 0 Å². The summed E-state index contributed by atoms with van der Waals surface area (Å²) < 4.78 is 38.9. The molecule has 124 valence electrons. The van der Waals surface area contributed by atoms with Crippen molar-refractivity contribution in [3.63, 3.8) is 0 Å². The summed E-state index contributed by atoms with van der Waals surface area (Å²) in [6, 6.07) is 16.9. The number of alkyl halides is 3. The number of nitrogens with zero attached hydrogens (tertiary/aromatic N) is 1. The quantitative estimate of drug-likeness (QED) is 0.536. The van der Waals surface area contributed by atoms with Crippen LogP contribution in [-0.4, -0.2) is 4.98 Å². The van der Waals surface area contributed by atoms with E-state index in [1.807, 2.05) is 30.3 Å². The Bertz CT molecular complexity index is 931. The van der Waals surface area contributed by atoms with Crippen molar-refractivity contribution >= 4 is 0 Å². The monoisotopic (exact) mass is 337 g/mol. The molecule has 1 nitrogen and oxygen atoms in total. The van der Waals surface area contributed by atoms with Gasteiger partial charge in [0.05, 0.1) is 11.3 Å². The van der Waals surface area contributed by atoms with E-state index < -0.39 is 11.7 Å². The van der Waals surface area contributed by atoms with Crippen LogP contribution in [0.2, 0.25) is 0 Å². The van der Waals surface area contributed by atoms with Crippen LogP contribution in [-0.2, 0) is 6.18 Å². The van der Waals surface area contributed by atoms with Gasteiger partial charge >= 0.3 is 6.18 Å². The number of hydrogen-bond donors (Lipinski definition) is 0. The highest BCUT2D eigenvalue weighted by atomic mass is 19.4. The van der Waals surface area contributed by atoms with Crippen LogP contribution in [0.25, 0.3) is 11.3 Å². The zero-order valence-electron chi connectivity index (χ0n) is 13.4. The normalized spacial score (nSPS) is 10.9. The molecule has 0 N–H and O–H groups in total. The van der Waals surface area contributed by atoms with Gasteiger partial charge in [-0.15, -0.1) is 0 Å². The molecule has 0 radical (unpaired) electrons. The summed E-state index contributed by atoms with van der Waals surface area (Å²) in [5.74, 6) is 6.01. The van der Waals surface area contributed by atoms with Gasteiger partial charge in [0.15, 0.2) is 0 Å². The summed E-state index contributed by atoms with van der Waals surface area (Å²) in [5, 5.41) is 0.